The smallest absolute Gasteiger partial charge is 0.308 e. The molecule has 0 N–H and O–H groups in total. The molecule has 3 heterocycles. The van der Waals surface area contributed by atoms with E-state index >= 15 is 0 Å². The molecule has 0 aliphatic carbocycles. The number of rotatable bonds is 9. The van der Waals surface area contributed by atoms with Gasteiger partial charge in [0.15, 0.2) is 22.4 Å². The third-order valence-electron chi connectivity index (χ3n) is 6.89. The molecule has 0 saturated heterocycles. The Balaban J connectivity index is 1.53. The molecule has 0 bridgehead atoms. The number of aromatic nitrogens is 2. The van der Waals surface area contributed by atoms with Crippen LogP contribution in [0.15, 0.2) is 52.4 Å². The number of ether oxygens (including phenoxy) is 4. The number of benzene rings is 2. The molecule has 224 valence electrons. The van der Waals surface area contributed by atoms with Crippen molar-refractivity contribution >= 4 is 51.0 Å². The number of esters is 2. The van der Waals surface area contributed by atoms with Crippen molar-refractivity contribution in [3.8, 4) is 22.9 Å². The lowest BCUT2D eigenvalue weighted by atomic mass is 9.96. The van der Waals surface area contributed by atoms with Gasteiger partial charge >= 0.3 is 11.9 Å². The van der Waals surface area contributed by atoms with Gasteiger partial charge in [-0.2, -0.15) is 0 Å². The summed E-state index contributed by atoms with van der Waals surface area (Å²) in [4.78, 5) is 57.0. The summed E-state index contributed by atoms with van der Waals surface area (Å²) in [6.45, 7) is 7.06. The maximum Gasteiger partial charge on any atom is 0.308 e. The second kappa shape index (κ2) is 12.7. The fraction of sp³-hybridized carbons (Fsp3) is 0.323. The average Bonchev–Trinajstić information content (AvgIpc) is 3.34. The van der Waals surface area contributed by atoms with Gasteiger partial charge in [-0.25, -0.2) is 4.98 Å². The van der Waals surface area contributed by atoms with E-state index in [9.17, 15) is 19.2 Å². The van der Waals surface area contributed by atoms with E-state index in [1.807, 2.05) is 0 Å². The van der Waals surface area contributed by atoms with Crippen molar-refractivity contribution in [2.45, 2.75) is 52.0 Å². The quantitative estimate of drug-likeness (QED) is 0.0791. The van der Waals surface area contributed by atoms with Crippen molar-refractivity contribution in [3.05, 3.63) is 68.8 Å². The first kappa shape index (κ1) is 30.5. The van der Waals surface area contributed by atoms with Crippen molar-refractivity contribution < 1.29 is 33.3 Å². The van der Waals surface area contributed by atoms with Crippen LogP contribution in [0.4, 0.5) is 0 Å². The Morgan fingerprint density at radius 3 is 2.42 bits per heavy atom. The number of thioether (sulfide) groups is 1. The van der Waals surface area contributed by atoms with Gasteiger partial charge in [0, 0.05) is 30.7 Å². The number of Topliss-reactive ketones (excluding diaryl/α,β-unsaturated/α-hetero) is 1. The first-order chi connectivity index (χ1) is 20.5. The molecule has 0 spiro atoms. The summed E-state index contributed by atoms with van der Waals surface area (Å²) < 4.78 is 23.1. The largest absolute Gasteiger partial charge is 0.497 e. The van der Waals surface area contributed by atoms with Crippen LogP contribution in [0.2, 0.25) is 0 Å². The first-order valence-electron chi connectivity index (χ1n) is 13.6. The molecule has 1 aliphatic heterocycles. The molecule has 0 fully saturated rings. The minimum absolute atomic E-state index is 0.00918. The lowest BCUT2D eigenvalue weighted by Crippen LogP contribution is -2.28. The predicted molar refractivity (Wildman–Crippen MR) is 163 cm³/mol. The molecule has 1 atom stereocenters. The third-order valence-corrected chi connectivity index (χ3v) is 8.93. The molecule has 2 aromatic heterocycles. The Kier molecular flexibility index (Phi) is 9.00. The van der Waals surface area contributed by atoms with Crippen molar-refractivity contribution in [3.63, 3.8) is 0 Å². The van der Waals surface area contributed by atoms with Crippen LogP contribution < -0.4 is 19.8 Å². The average molecular weight is 623 g/mol. The molecule has 1 aliphatic rings. The number of hydrogen-bond donors (Lipinski definition) is 0. The van der Waals surface area contributed by atoms with Crippen LogP contribution in [0, 0.1) is 5.92 Å². The van der Waals surface area contributed by atoms with E-state index in [0.717, 1.165) is 22.2 Å². The van der Waals surface area contributed by atoms with Gasteiger partial charge in [-0.05, 0) is 53.9 Å². The Hall–Kier alpha value is -4.00. The Labute approximate surface area is 255 Å². The van der Waals surface area contributed by atoms with Gasteiger partial charge in [0.1, 0.15) is 10.6 Å². The number of methoxy groups -OCH3 is 1. The zero-order chi connectivity index (χ0) is 30.8. The van der Waals surface area contributed by atoms with E-state index in [4.69, 9.17) is 23.9 Å². The van der Waals surface area contributed by atoms with Gasteiger partial charge in [0.2, 0.25) is 0 Å². The fourth-order valence-electron chi connectivity index (χ4n) is 4.76. The highest BCUT2D eigenvalue weighted by atomic mass is 32.2. The van der Waals surface area contributed by atoms with Crippen LogP contribution in [0.1, 0.15) is 48.5 Å². The maximum atomic E-state index is 14.2. The van der Waals surface area contributed by atoms with Crippen LogP contribution in [0.25, 0.3) is 15.9 Å². The first-order valence-corrected chi connectivity index (χ1v) is 15.4. The number of ketones is 1. The standard InChI is InChI=1S/C31H30N2O8S2/c1-16(2)25-13-22-27(14-39-25)43-29-28(22)30(37)33(20-7-9-21(38-5)10-8-20)31(32-29)42-15-23(36)19-6-11-24(40-17(3)34)26(12-19)41-18(4)35/h6-12,16,25H,13-15H2,1-5H3/t25-/m1/s1. The molecule has 0 unspecified atom stereocenters. The normalized spacial score (nSPS) is 14.4. The highest BCUT2D eigenvalue weighted by molar-refractivity contribution is 7.99. The van der Waals surface area contributed by atoms with Gasteiger partial charge in [-0.3, -0.25) is 23.7 Å². The maximum absolute atomic E-state index is 14.2. The summed E-state index contributed by atoms with van der Waals surface area (Å²) in [5.74, 6) is -0.672. The van der Waals surface area contributed by atoms with E-state index in [0.29, 0.717) is 45.8 Å². The number of thiophene rings is 1. The summed E-state index contributed by atoms with van der Waals surface area (Å²) >= 11 is 2.56. The van der Waals surface area contributed by atoms with Crippen LogP contribution in [-0.4, -0.2) is 46.2 Å². The van der Waals surface area contributed by atoms with Crippen molar-refractivity contribution in [1.82, 2.24) is 9.55 Å². The van der Waals surface area contributed by atoms with E-state index in [1.165, 1.54) is 48.0 Å². The second-order valence-corrected chi connectivity index (χ2v) is 12.3. The molecule has 2 aromatic carbocycles. The second-order valence-electron chi connectivity index (χ2n) is 10.3. The van der Waals surface area contributed by atoms with E-state index in [1.54, 1.807) is 31.4 Å². The lowest BCUT2D eigenvalue weighted by Gasteiger charge is -2.26. The lowest BCUT2D eigenvalue weighted by molar-refractivity contribution is -0.134. The molecule has 0 amide bonds. The van der Waals surface area contributed by atoms with Crippen molar-refractivity contribution in [1.29, 1.82) is 0 Å². The number of fused-ring (bicyclic) bond motifs is 3. The fourth-order valence-corrected chi connectivity index (χ4v) is 6.83. The highest BCUT2D eigenvalue weighted by Crippen LogP contribution is 2.37. The molecule has 43 heavy (non-hydrogen) atoms. The van der Waals surface area contributed by atoms with Gasteiger partial charge in [-0.1, -0.05) is 25.6 Å². The molecular formula is C31H30N2O8S2. The molecular weight excluding hydrogens is 592 g/mol. The molecule has 12 heteroatoms. The summed E-state index contributed by atoms with van der Waals surface area (Å²) in [5.41, 5.74) is 1.59. The van der Waals surface area contributed by atoms with Crippen LogP contribution in [0.3, 0.4) is 0 Å². The predicted octanol–water partition coefficient (Wildman–Crippen LogP) is 5.38. The summed E-state index contributed by atoms with van der Waals surface area (Å²) in [7, 11) is 1.57. The van der Waals surface area contributed by atoms with Crippen molar-refractivity contribution in [2.75, 3.05) is 12.9 Å². The minimum atomic E-state index is -0.628. The number of carbonyl (C=O) groups is 3. The van der Waals surface area contributed by atoms with E-state index in [2.05, 4.69) is 13.8 Å². The van der Waals surface area contributed by atoms with E-state index in [-0.39, 0.29) is 40.3 Å². The molecule has 10 nitrogen and oxygen atoms in total. The minimum Gasteiger partial charge on any atom is -0.497 e. The number of hydrogen-bond acceptors (Lipinski definition) is 11. The zero-order valence-electron chi connectivity index (χ0n) is 24.3. The molecule has 4 aromatic rings. The summed E-state index contributed by atoms with van der Waals surface area (Å²) in [6, 6.07) is 11.3. The topological polar surface area (TPSA) is 123 Å². The van der Waals surface area contributed by atoms with Gasteiger partial charge < -0.3 is 18.9 Å². The SMILES string of the molecule is COc1ccc(-n2c(SCC(=O)c3ccc(OC(C)=O)c(OC(C)=O)c3)nc3sc4c(c3c2=O)C[C@H](C(C)C)OC4)cc1. The van der Waals surface area contributed by atoms with Crippen LogP contribution in [-0.2, 0) is 27.4 Å². The van der Waals surface area contributed by atoms with Gasteiger partial charge in [0.25, 0.3) is 5.56 Å². The molecule has 5 rings (SSSR count). The number of nitrogens with zero attached hydrogens (tertiary/aromatic N) is 2. The summed E-state index contributed by atoms with van der Waals surface area (Å²) in [5, 5.41) is 0.931. The Morgan fingerprint density at radius 1 is 1.07 bits per heavy atom. The number of carbonyl (C=O) groups excluding carboxylic acids is 3. The zero-order valence-corrected chi connectivity index (χ0v) is 25.9. The van der Waals surface area contributed by atoms with Gasteiger partial charge in [-0.15, -0.1) is 11.3 Å². The molecule has 0 saturated carbocycles. The molecule has 0 radical (unpaired) electrons. The van der Waals surface area contributed by atoms with Crippen LogP contribution >= 0.6 is 23.1 Å². The highest BCUT2D eigenvalue weighted by Gasteiger charge is 2.29. The third kappa shape index (κ3) is 6.51. The van der Waals surface area contributed by atoms with E-state index < -0.39 is 11.9 Å². The van der Waals surface area contributed by atoms with Crippen molar-refractivity contribution in [2.24, 2.45) is 5.92 Å². The van der Waals surface area contributed by atoms with Gasteiger partial charge in [0.05, 0.1) is 36.6 Å². The Bertz CT molecular complexity index is 1780. The summed E-state index contributed by atoms with van der Waals surface area (Å²) in [6.07, 6.45) is 0.640. The van der Waals surface area contributed by atoms with Crippen LogP contribution in [0.5, 0.6) is 17.2 Å². The Morgan fingerprint density at radius 2 is 1.77 bits per heavy atom. The monoisotopic (exact) mass is 622 g/mol.